The zero-order chi connectivity index (χ0) is 14.9. The van der Waals surface area contributed by atoms with Gasteiger partial charge >= 0.3 is 6.01 Å². The van der Waals surface area contributed by atoms with Gasteiger partial charge in [0.25, 0.3) is 5.91 Å². The van der Waals surface area contributed by atoms with Gasteiger partial charge in [0, 0.05) is 5.41 Å². The van der Waals surface area contributed by atoms with Crippen LogP contribution < -0.4 is 4.74 Å². The van der Waals surface area contributed by atoms with Crippen LogP contribution in [0.5, 0.6) is 6.01 Å². The molecule has 0 amide bonds. The number of ether oxygens (including phenoxy) is 1. The van der Waals surface area contributed by atoms with E-state index >= 15 is 0 Å². The summed E-state index contributed by atoms with van der Waals surface area (Å²) >= 11 is 1.52. The van der Waals surface area contributed by atoms with Crippen molar-refractivity contribution < 1.29 is 9.53 Å². The number of hydrogen-bond donors (Lipinski definition) is 0. The fourth-order valence-corrected chi connectivity index (χ4v) is 2.28. The molecule has 5 nitrogen and oxygen atoms in total. The third-order valence-electron chi connectivity index (χ3n) is 2.50. The van der Waals surface area contributed by atoms with E-state index in [4.69, 9.17) is 4.74 Å². The number of thiophene rings is 1. The van der Waals surface area contributed by atoms with Crippen molar-refractivity contribution in [3.8, 4) is 16.7 Å². The van der Waals surface area contributed by atoms with Gasteiger partial charge in [-0.25, -0.2) is 0 Å². The number of aromatic nitrogens is 3. The lowest BCUT2D eigenvalue weighted by atomic mass is 9.96. The van der Waals surface area contributed by atoms with Gasteiger partial charge in [-0.3, -0.25) is 4.79 Å². The third kappa shape index (κ3) is 3.07. The van der Waals surface area contributed by atoms with Crippen LogP contribution in [0.1, 0.15) is 39.4 Å². The lowest BCUT2D eigenvalue weighted by molar-refractivity contribution is 0.0747. The minimum atomic E-state index is -0.533. The maximum absolute atomic E-state index is 12.5. The van der Waals surface area contributed by atoms with Crippen molar-refractivity contribution in [2.75, 3.05) is 0 Å². The highest BCUT2D eigenvalue weighted by molar-refractivity contribution is 7.13. The number of carbonyl (C=O) groups is 1. The molecule has 0 aliphatic carbocycles. The Kier molecular flexibility index (Phi) is 3.94. The highest BCUT2D eigenvalue weighted by Crippen LogP contribution is 2.27. The zero-order valence-electron chi connectivity index (χ0n) is 12.4. The van der Waals surface area contributed by atoms with Crippen LogP contribution in [0.15, 0.2) is 17.5 Å². The molecule has 0 aromatic carbocycles. The SMILES string of the molecule is CC(C)Oc1nc(-c2cccs2)n(C(=O)C(C)(C)C)n1. The molecule has 0 saturated heterocycles. The largest absolute Gasteiger partial charge is 0.460 e. The van der Waals surface area contributed by atoms with Crippen LogP contribution in [-0.4, -0.2) is 26.8 Å². The van der Waals surface area contributed by atoms with Crippen molar-refractivity contribution in [3.63, 3.8) is 0 Å². The van der Waals surface area contributed by atoms with Crippen molar-refractivity contribution in [2.24, 2.45) is 5.41 Å². The summed E-state index contributed by atoms with van der Waals surface area (Å²) in [7, 11) is 0. The first-order valence-corrected chi connectivity index (χ1v) is 7.39. The minimum absolute atomic E-state index is 0.0354. The van der Waals surface area contributed by atoms with Crippen LogP contribution >= 0.6 is 11.3 Å². The van der Waals surface area contributed by atoms with E-state index in [0.29, 0.717) is 5.82 Å². The van der Waals surface area contributed by atoms with E-state index in [1.54, 1.807) is 0 Å². The predicted molar refractivity (Wildman–Crippen MR) is 79.2 cm³/mol. The second kappa shape index (κ2) is 5.36. The van der Waals surface area contributed by atoms with Crippen LogP contribution in [-0.2, 0) is 0 Å². The van der Waals surface area contributed by atoms with Crippen molar-refractivity contribution in [1.82, 2.24) is 14.8 Å². The van der Waals surface area contributed by atoms with E-state index in [2.05, 4.69) is 10.1 Å². The van der Waals surface area contributed by atoms with Gasteiger partial charge in [0.1, 0.15) is 0 Å². The molecule has 2 aromatic rings. The normalized spacial score (nSPS) is 11.9. The van der Waals surface area contributed by atoms with Gasteiger partial charge in [-0.05, 0) is 25.3 Å². The van der Waals surface area contributed by atoms with Crippen LogP contribution in [0.4, 0.5) is 0 Å². The Balaban J connectivity index is 2.48. The molecule has 0 saturated carbocycles. The first-order chi connectivity index (χ1) is 9.29. The number of nitrogens with zero attached hydrogens (tertiary/aromatic N) is 3. The van der Waals surface area contributed by atoms with Crippen molar-refractivity contribution in [2.45, 2.75) is 40.7 Å². The predicted octanol–water partition coefficient (Wildman–Crippen LogP) is 3.48. The highest BCUT2D eigenvalue weighted by Gasteiger charge is 2.28. The summed E-state index contributed by atoms with van der Waals surface area (Å²) in [5.74, 6) is 0.433. The molecule has 0 spiro atoms. The van der Waals surface area contributed by atoms with Crippen molar-refractivity contribution in [3.05, 3.63) is 17.5 Å². The molecule has 2 aromatic heterocycles. The third-order valence-corrected chi connectivity index (χ3v) is 3.37. The van der Waals surface area contributed by atoms with E-state index in [9.17, 15) is 4.79 Å². The Morgan fingerprint density at radius 3 is 2.60 bits per heavy atom. The van der Waals surface area contributed by atoms with Crippen molar-refractivity contribution in [1.29, 1.82) is 0 Å². The van der Waals surface area contributed by atoms with Crippen LogP contribution in [0, 0.1) is 5.41 Å². The van der Waals surface area contributed by atoms with E-state index in [1.807, 2.05) is 52.1 Å². The molecule has 6 heteroatoms. The Hall–Kier alpha value is -1.69. The van der Waals surface area contributed by atoms with Crippen LogP contribution in [0.3, 0.4) is 0 Å². The summed E-state index contributed by atoms with van der Waals surface area (Å²) < 4.78 is 6.86. The van der Waals surface area contributed by atoms with Gasteiger partial charge < -0.3 is 4.74 Å². The second-order valence-electron chi connectivity index (χ2n) is 5.83. The monoisotopic (exact) mass is 293 g/mol. The summed E-state index contributed by atoms with van der Waals surface area (Å²) in [6.45, 7) is 9.38. The van der Waals surface area contributed by atoms with Gasteiger partial charge in [-0.15, -0.1) is 16.4 Å². The van der Waals surface area contributed by atoms with E-state index in [1.165, 1.54) is 16.0 Å². The average molecular weight is 293 g/mol. The Bertz CT molecular complexity index is 594. The maximum Gasteiger partial charge on any atom is 0.336 e. The molecule has 2 rings (SSSR count). The highest BCUT2D eigenvalue weighted by atomic mass is 32.1. The van der Waals surface area contributed by atoms with Gasteiger partial charge in [-0.1, -0.05) is 26.8 Å². The molecular weight excluding hydrogens is 274 g/mol. The topological polar surface area (TPSA) is 57.0 Å². The molecular formula is C14H19N3O2S. The standard InChI is InChI=1S/C14H19N3O2S/c1-9(2)19-13-15-11(10-7-6-8-20-10)17(16-13)12(18)14(3,4)5/h6-9H,1-5H3. The average Bonchev–Trinajstić information content (AvgIpc) is 2.93. The lowest BCUT2D eigenvalue weighted by Crippen LogP contribution is -2.28. The summed E-state index contributed by atoms with van der Waals surface area (Å²) in [5, 5.41) is 6.16. The van der Waals surface area contributed by atoms with E-state index in [0.717, 1.165) is 4.88 Å². The summed E-state index contributed by atoms with van der Waals surface area (Å²) in [6.07, 6.45) is -0.0354. The van der Waals surface area contributed by atoms with E-state index in [-0.39, 0.29) is 18.0 Å². The number of carbonyl (C=O) groups excluding carboxylic acids is 1. The summed E-state index contributed by atoms with van der Waals surface area (Å²) in [4.78, 5) is 17.7. The molecule has 0 unspecified atom stereocenters. The van der Waals surface area contributed by atoms with Crippen LogP contribution in [0.25, 0.3) is 10.7 Å². The Morgan fingerprint density at radius 1 is 1.40 bits per heavy atom. The summed E-state index contributed by atoms with van der Waals surface area (Å²) in [5.41, 5.74) is -0.533. The first kappa shape index (κ1) is 14.7. The van der Waals surface area contributed by atoms with Crippen LogP contribution in [0.2, 0.25) is 0 Å². The number of rotatable bonds is 3. The van der Waals surface area contributed by atoms with Crippen molar-refractivity contribution >= 4 is 17.2 Å². The molecule has 0 aliphatic heterocycles. The fourth-order valence-electron chi connectivity index (χ4n) is 1.58. The Labute approximate surface area is 122 Å². The molecule has 0 aliphatic rings. The number of hydrogen-bond acceptors (Lipinski definition) is 5. The quantitative estimate of drug-likeness (QED) is 0.869. The maximum atomic E-state index is 12.5. The Morgan fingerprint density at radius 2 is 2.10 bits per heavy atom. The molecule has 0 atom stereocenters. The van der Waals surface area contributed by atoms with Gasteiger partial charge in [-0.2, -0.15) is 9.67 Å². The zero-order valence-corrected chi connectivity index (χ0v) is 13.2. The molecule has 0 N–H and O–H groups in total. The molecule has 108 valence electrons. The molecule has 2 heterocycles. The fraction of sp³-hybridized carbons (Fsp3) is 0.500. The molecule has 0 fully saturated rings. The minimum Gasteiger partial charge on any atom is -0.460 e. The van der Waals surface area contributed by atoms with Gasteiger partial charge in [0.05, 0.1) is 11.0 Å². The molecule has 0 bridgehead atoms. The summed E-state index contributed by atoms with van der Waals surface area (Å²) in [6, 6.07) is 4.07. The molecule has 0 radical (unpaired) electrons. The van der Waals surface area contributed by atoms with Gasteiger partial charge in [0.2, 0.25) is 0 Å². The lowest BCUT2D eigenvalue weighted by Gasteiger charge is -2.16. The first-order valence-electron chi connectivity index (χ1n) is 6.51. The smallest absolute Gasteiger partial charge is 0.336 e. The van der Waals surface area contributed by atoms with E-state index < -0.39 is 5.41 Å². The second-order valence-corrected chi connectivity index (χ2v) is 6.78. The molecule has 20 heavy (non-hydrogen) atoms. The van der Waals surface area contributed by atoms with Gasteiger partial charge in [0.15, 0.2) is 5.82 Å².